The molecule has 0 aliphatic carbocycles. The van der Waals surface area contributed by atoms with Crippen LogP contribution in [0.5, 0.6) is 0 Å². The highest BCUT2D eigenvalue weighted by Gasteiger charge is 2.25. The molecule has 128 valence electrons. The normalized spacial score (nSPS) is 24.5. The van der Waals surface area contributed by atoms with Gasteiger partial charge in [0.25, 0.3) is 0 Å². The molecule has 0 spiro atoms. The molecule has 0 radical (unpaired) electrons. The number of rotatable bonds is 4. The van der Waals surface area contributed by atoms with E-state index in [0.29, 0.717) is 12.5 Å². The zero-order chi connectivity index (χ0) is 16.4. The molecule has 1 aromatic heterocycles. The molecule has 0 aromatic carbocycles. The predicted octanol–water partition coefficient (Wildman–Crippen LogP) is 2.57. The summed E-state index contributed by atoms with van der Waals surface area (Å²) in [6.07, 6.45) is 8.02. The van der Waals surface area contributed by atoms with E-state index in [1.54, 1.807) is 0 Å². The van der Waals surface area contributed by atoms with Crippen molar-refractivity contribution in [1.29, 1.82) is 0 Å². The van der Waals surface area contributed by atoms with Crippen molar-refractivity contribution in [2.45, 2.75) is 83.4 Å². The third-order valence-electron chi connectivity index (χ3n) is 4.84. The van der Waals surface area contributed by atoms with Crippen molar-refractivity contribution in [3.05, 3.63) is 17.7 Å². The number of carbonyl (C=O) groups excluding carboxylic acids is 1. The number of nitrogens with zero attached hydrogens (tertiary/aromatic N) is 2. The maximum absolute atomic E-state index is 12.2. The second-order valence-electron chi connectivity index (χ2n) is 7.92. The van der Waals surface area contributed by atoms with Crippen LogP contribution in [-0.4, -0.2) is 34.2 Å². The summed E-state index contributed by atoms with van der Waals surface area (Å²) in [5.41, 5.74) is 1.21. The van der Waals surface area contributed by atoms with Crippen LogP contribution in [0, 0.1) is 0 Å². The first-order valence-electron chi connectivity index (χ1n) is 8.89. The maximum atomic E-state index is 12.2. The van der Waals surface area contributed by atoms with Gasteiger partial charge in [0.2, 0.25) is 5.91 Å². The van der Waals surface area contributed by atoms with Crippen LogP contribution in [0.15, 0.2) is 6.20 Å². The molecule has 1 N–H and O–H groups in total. The minimum Gasteiger partial charge on any atom is -0.378 e. The molecule has 3 heterocycles. The Balaban J connectivity index is 1.50. The van der Waals surface area contributed by atoms with Crippen molar-refractivity contribution in [3.63, 3.8) is 0 Å². The van der Waals surface area contributed by atoms with Gasteiger partial charge >= 0.3 is 0 Å². The lowest BCUT2D eigenvalue weighted by atomic mass is 9.93. The van der Waals surface area contributed by atoms with Crippen molar-refractivity contribution < 1.29 is 9.53 Å². The summed E-state index contributed by atoms with van der Waals surface area (Å²) in [5.74, 6) is 1.31. The van der Waals surface area contributed by atoms with Crippen LogP contribution in [0.4, 0.5) is 0 Å². The van der Waals surface area contributed by atoms with Gasteiger partial charge in [0.05, 0.1) is 11.8 Å². The van der Waals surface area contributed by atoms with Gasteiger partial charge in [0.15, 0.2) is 0 Å². The van der Waals surface area contributed by atoms with Crippen LogP contribution in [-0.2, 0) is 27.9 Å². The number of hydrogen-bond acceptors (Lipinski definition) is 3. The average Bonchev–Trinajstić information content (AvgIpc) is 3.13. The van der Waals surface area contributed by atoms with Gasteiger partial charge in [-0.15, -0.1) is 0 Å². The lowest BCUT2D eigenvalue weighted by Gasteiger charge is -2.25. The number of nitrogens with one attached hydrogen (secondary N) is 1. The smallest absolute Gasteiger partial charge is 0.220 e. The molecule has 0 unspecified atom stereocenters. The fourth-order valence-electron chi connectivity index (χ4n) is 3.39. The quantitative estimate of drug-likeness (QED) is 0.928. The minimum absolute atomic E-state index is 0.0738. The molecule has 5 nitrogen and oxygen atoms in total. The molecule has 2 aliphatic heterocycles. The van der Waals surface area contributed by atoms with E-state index in [2.05, 4.69) is 36.9 Å². The van der Waals surface area contributed by atoms with Gasteiger partial charge in [-0.25, -0.2) is 4.98 Å². The molecule has 1 aromatic rings. The number of amides is 1. The number of hydrogen-bond donors (Lipinski definition) is 1. The first-order chi connectivity index (χ1) is 10.9. The van der Waals surface area contributed by atoms with Gasteiger partial charge < -0.3 is 14.6 Å². The van der Waals surface area contributed by atoms with Gasteiger partial charge in [0, 0.05) is 43.6 Å². The van der Waals surface area contributed by atoms with E-state index in [1.807, 2.05) is 0 Å². The molecule has 1 saturated heterocycles. The molecular weight excluding hydrogens is 290 g/mol. The SMILES string of the molecule is CC(C)(C)c1cn2c(n1)CC[C@@H](NC(=O)CC[C@@H]1CCCO1)C2. The van der Waals surface area contributed by atoms with Gasteiger partial charge in [-0.2, -0.15) is 0 Å². The zero-order valence-corrected chi connectivity index (χ0v) is 14.6. The predicted molar refractivity (Wildman–Crippen MR) is 89.4 cm³/mol. The third-order valence-corrected chi connectivity index (χ3v) is 4.84. The Kier molecular flexibility index (Phi) is 4.76. The van der Waals surface area contributed by atoms with E-state index in [9.17, 15) is 4.79 Å². The average molecular weight is 319 g/mol. The van der Waals surface area contributed by atoms with Gasteiger partial charge in [-0.3, -0.25) is 4.79 Å². The fourth-order valence-corrected chi connectivity index (χ4v) is 3.39. The fraction of sp³-hybridized carbons (Fsp3) is 0.778. The number of fused-ring (bicyclic) bond motifs is 1. The minimum atomic E-state index is 0.0738. The Labute approximate surface area is 138 Å². The van der Waals surface area contributed by atoms with Crippen molar-refractivity contribution in [2.75, 3.05) is 6.61 Å². The topological polar surface area (TPSA) is 56.2 Å². The van der Waals surface area contributed by atoms with Gasteiger partial charge in [-0.05, 0) is 25.7 Å². The van der Waals surface area contributed by atoms with Crippen molar-refractivity contribution in [1.82, 2.24) is 14.9 Å². The van der Waals surface area contributed by atoms with Crippen LogP contribution in [0.3, 0.4) is 0 Å². The molecule has 23 heavy (non-hydrogen) atoms. The zero-order valence-electron chi connectivity index (χ0n) is 14.6. The van der Waals surface area contributed by atoms with E-state index >= 15 is 0 Å². The third kappa shape index (κ3) is 4.14. The highest BCUT2D eigenvalue weighted by molar-refractivity contribution is 5.76. The van der Waals surface area contributed by atoms with Crippen molar-refractivity contribution in [2.24, 2.45) is 0 Å². The van der Waals surface area contributed by atoms with Crippen LogP contribution < -0.4 is 5.32 Å². The van der Waals surface area contributed by atoms with E-state index < -0.39 is 0 Å². The van der Waals surface area contributed by atoms with Gasteiger partial charge in [0.1, 0.15) is 5.82 Å². The first-order valence-corrected chi connectivity index (χ1v) is 8.89. The molecule has 1 amide bonds. The van der Waals surface area contributed by atoms with E-state index in [-0.39, 0.29) is 17.4 Å². The molecule has 0 bridgehead atoms. The highest BCUT2D eigenvalue weighted by atomic mass is 16.5. The number of aromatic nitrogens is 2. The Morgan fingerprint density at radius 1 is 1.43 bits per heavy atom. The Hall–Kier alpha value is -1.36. The largest absolute Gasteiger partial charge is 0.378 e. The summed E-state index contributed by atoms with van der Waals surface area (Å²) < 4.78 is 7.80. The number of carbonyl (C=O) groups is 1. The van der Waals surface area contributed by atoms with E-state index in [4.69, 9.17) is 9.72 Å². The summed E-state index contributed by atoms with van der Waals surface area (Å²) in [7, 11) is 0. The summed E-state index contributed by atoms with van der Waals surface area (Å²) >= 11 is 0. The summed E-state index contributed by atoms with van der Waals surface area (Å²) in [5, 5.41) is 3.19. The molecule has 2 aliphatic rings. The number of imidazole rings is 1. The Bertz CT molecular complexity index is 553. The second-order valence-corrected chi connectivity index (χ2v) is 7.92. The second kappa shape index (κ2) is 6.63. The molecule has 5 heteroatoms. The standard InChI is InChI=1S/C18H29N3O2/c1-18(2,3)15-12-21-11-13(6-8-16(21)20-15)19-17(22)9-7-14-5-4-10-23-14/h12-14H,4-11H2,1-3H3,(H,19,22)/t13-,14+/m1/s1. The molecule has 2 atom stereocenters. The molecule has 1 fully saturated rings. The van der Waals surface area contributed by atoms with Crippen LogP contribution >= 0.6 is 0 Å². The summed E-state index contributed by atoms with van der Waals surface area (Å²) in [6, 6.07) is 0.224. The monoisotopic (exact) mass is 319 g/mol. The maximum Gasteiger partial charge on any atom is 0.220 e. The van der Waals surface area contributed by atoms with Crippen LogP contribution in [0.25, 0.3) is 0 Å². The highest BCUT2D eigenvalue weighted by Crippen LogP contribution is 2.24. The van der Waals surface area contributed by atoms with E-state index in [0.717, 1.165) is 56.8 Å². The molecule has 0 saturated carbocycles. The lowest BCUT2D eigenvalue weighted by molar-refractivity contribution is -0.122. The lowest BCUT2D eigenvalue weighted by Crippen LogP contribution is -2.41. The van der Waals surface area contributed by atoms with Crippen LogP contribution in [0.1, 0.15) is 64.4 Å². The Morgan fingerprint density at radius 2 is 2.26 bits per heavy atom. The van der Waals surface area contributed by atoms with Crippen LogP contribution in [0.2, 0.25) is 0 Å². The number of aryl methyl sites for hydroxylation is 1. The number of ether oxygens (including phenoxy) is 1. The Morgan fingerprint density at radius 3 is 2.96 bits per heavy atom. The molecular formula is C18H29N3O2. The molecule has 3 rings (SSSR count). The van der Waals surface area contributed by atoms with Crippen molar-refractivity contribution >= 4 is 5.91 Å². The summed E-state index contributed by atoms with van der Waals surface area (Å²) in [4.78, 5) is 16.9. The van der Waals surface area contributed by atoms with Gasteiger partial charge in [-0.1, -0.05) is 20.8 Å². The summed E-state index contributed by atoms with van der Waals surface area (Å²) in [6.45, 7) is 8.25. The van der Waals surface area contributed by atoms with E-state index in [1.165, 1.54) is 0 Å². The first kappa shape index (κ1) is 16.5. The van der Waals surface area contributed by atoms with Crippen molar-refractivity contribution in [3.8, 4) is 0 Å².